The van der Waals surface area contributed by atoms with E-state index in [1.807, 2.05) is 72.7 Å². The first-order valence-electron chi connectivity index (χ1n) is 12.2. The van der Waals surface area contributed by atoms with E-state index in [1.54, 1.807) is 32.7 Å². The van der Waals surface area contributed by atoms with E-state index in [9.17, 15) is 0 Å². The average molecular weight is 549 g/mol. The zero-order chi connectivity index (χ0) is 26.6. The lowest BCUT2D eigenvalue weighted by atomic mass is 10.0. The van der Waals surface area contributed by atoms with E-state index in [2.05, 4.69) is 17.0 Å². The number of aromatic nitrogens is 1. The molecule has 1 unspecified atom stereocenters. The molecule has 0 aliphatic carbocycles. The number of halogens is 1. The summed E-state index contributed by atoms with van der Waals surface area (Å²) in [6, 6.07) is 24.2. The minimum atomic E-state index is -0.115. The minimum absolute atomic E-state index is 0.115. The molecule has 0 saturated heterocycles. The monoisotopic (exact) mass is 548 g/mol. The van der Waals surface area contributed by atoms with Gasteiger partial charge in [0.2, 0.25) is 5.75 Å². The van der Waals surface area contributed by atoms with Gasteiger partial charge in [-0.2, -0.15) is 5.10 Å². The summed E-state index contributed by atoms with van der Waals surface area (Å²) in [5.74, 6) is 1.71. The average Bonchev–Trinajstić information content (AvgIpc) is 3.57. The molecule has 0 radical (unpaired) electrons. The summed E-state index contributed by atoms with van der Waals surface area (Å²) in [5, 5.41) is 8.45. The molecule has 4 aromatic rings. The fourth-order valence-corrected chi connectivity index (χ4v) is 5.93. The van der Waals surface area contributed by atoms with Gasteiger partial charge in [-0.1, -0.05) is 71.5 Å². The first-order chi connectivity index (χ1) is 18.5. The Morgan fingerprint density at radius 1 is 0.947 bits per heavy atom. The highest BCUT2D eigenvalue weighted by atomic mass is 35.5. The topological polar surface area (TPSA) is 59.4 Å². The standard InChI is InChI=1S/C29H29ClN4O3S/c1-33(18-19-11-7-5-8-12-19)29-31-28(30)27(38-29)23-17-22(32-34(23)21-13-9-6-10-14-21)20-15-24(35-2)26(37-4)25(16-20)36-3/h5-16,23H,17-18H2,1-4H3. The maximum Gasteiger partial charge on any atom is 0.203 e. The van der Waals surface area contributed by atoms with Crippen LogP contribution in [0.5, 0.6) is 17.2 Å². The van der Waals surface area contributed by atoms with Gasteiger partial charge in [-0.25, -0.2) is 4.98 Å². The maximum absolute atomic E-state index is 6.79. The summed E-state index contributed by atoms with van der Waals surface area (Å²) in [6.45, 7) is 0.740. The number of hydrazone groups is 1. The molecule has 0 amide bonds. The van der Waals surface area contributed by atoms with Crippen molar-refractivity contribution in [3.63, 3.8) is 0 Å². The van der Waals surface area contributed by atoms with Crippen LogP contribution in [0.4, 0.5) is 10.8 Å². The highest BCUT2D eigenvalue weighted by Gasteiger charge is 2.34. The van der Waals surface area contributed by atoms with Crippen molar-refractivity contribution in [3.8, 4) is 17.2 Å². The fourth-order valence-electron chi connectivity index (χ4n) is 4.55. The molecule has 7 nitrogen and oxygen atoms in total. The van der Waals surface area contributed by atoms with Gasteiger partial charge in [0.05, 0.1) is 43.6 Å². The maximum atomic E-state index is 6.79. The number of ether oxygens (including phenoxy) is 3. The van der Waals surface area contributed by atoms with Gasteiger partial charge in [0.15, 0.2) is 16.6 Å². The molecule has 0 fully saturated rings. The van der Waals surface area contributed by atoms with Crippen molar-refractivity contribution in [1.29, 1.82) is 0 Å². The molecule has 1 atom stereocenters. The van der Waals surface area contributed by atoms with Gasteiger partial charge in [-0.15, -0.1) is 0 Å². The second-order valence-electron chi connectivity index (χ2n) is 8.85. The second kappa shape index (κ2) is 11.3. The summed E-state index contributed by atoms with van der Waals surface area (Å²) in [4.78, 5) is 7.82. The third-order valence-electron chi connectivity index (χ3n) is 6.42. The van der Waals surface area contributed by atoms with E-state index in [1.165, 1.54) is 5.56 Å². The fraction of sp³-hybridized carbons (Fsp3) is 0.241. The summed E-state index contributed by atoms with van der Waals surface area (Å²) >= 11 is 8.39. The van der Waals surface area contributed by atoms with E-state index in [4.69, 9.17) is 35.9 Å². The highest BCUT2D eigenvalue weighted by molar-refractivity contribution is 7.16. The van der Waals surface area contributed by atoms with Gasteiger partial charge in [0.1, 0.15) is 5.15 Å². The molecule has 3 aromatic carbocycles. The van der Waals surface area contributed by atoms with Crippen LogP contribution >= 0.6 is 22.9 Å². The number of anilines is 2. The molecule has 1 aliphatic heterocycles. The molecule has 38 heavy (non-hydrogen) atoms. The van der Waals surface area contributed by atoms with Crippen molar-refractivity contribution in [3.05, 3.63) is 94.0 Å². The summed E-state index contributed by atoms with van der Waals surface area (Å²) in [5.41, 5.74) is 3.97. The van der Waals surface area contributed by atoms with Crippen LogP contribution in [-0.4, -0.2) is 39.1 Å². The third kappa shape index (κ3) is 5.14. The van der Waals surface area contributed by atoms with Crippen molar-refractivity contribution in [2.24, 2.45) is 5.10 Å². The minimum Gasteiger partial charge on any atom is -0.493 e. The van der Waals surface area contributed by atoms with Gasteiger partial charge in [-0.05, 0) is 29.8 Å². The lowest BCUT2D eigenvalue weighted by Crippen LogP contribution is -2.18. The van der Waals surface area contributed by atoms with E-state index in [0.717, 1.165) is 33.5 Å². The predicted octanol–water partition coefficient (Wildman–Crippen LogP) is 6.81. The highest BCUT2D eigenvalue weighted by Crippen LogP contribution is 2.45. The normalized spacial score (nSPS) is 14.8. The summed E-state index contributed by atoms with van der Waals surface area (Å²) in [7, 11) is 6.86. The number of hydrogen-bond donors (Lipinski definition) is 0. The Morgan fingerprint density at radius 2 is 1.58 bits per heavy atom. The van der Waals surface area contributed by atoms with E-state index < -0.39 is 0 Å². The number of rotatable bonds is 9. The van der Waals surface area contributed by atoms with Crippen molar-refractivity contribution in [2.45, 2.75) is 19.0 Å². The molecule has 2 heterocycles. The number of para-hydroxylation sites is 1. The van der Waals surface area contributed by atoms with E-state index in [-0.39, 0.29) is 6.04 Å². The van der Waals surface area contributed by atoms with Crippen LogP contribution in [0.3, 0.4) is 0 Å². The summed E-state index contributed by atoms with van der Waals surface area (Å²) < 4.78 is 16.7. The molecule has 9 heteroatoms. The Kier molecular flexibility index (Phi) is 7.72. The molecule has 0 N–H and O–H groups in total. The number of thiazole rings is 1. The van der Waals surface area contributed by atoms with Gasteiger partial charge in [0, 0.05) is 25.6 Å². The Hall–Kier alpha value is -3.75. The van der Waals surface area contributed by atoms with Gasteiger partial charge in [-0.3, -0.25) is 5.01 Å². The first-order valence-corrected chi connectivity index (χ1v) is 13.3. The van der Waals surface area contributed by atoms with Crippen LogP contribution in [0.25, 0.3) is 0 Å². The molecule has 0 spiro atoms. The smallest absolute Gasteiger partial charge is 0.203 e. The number of hydrogen-bond acceptors (Lipinski definition) is 8. The molecule has 5 rings (SSSR count). The molecule has 0 bridgehead atoms. The predicted molar refractivity (Wildman–Crippen MR) is 155 cm³/mol. The zero-order valence-corrected chi connectivity index (χ0v) is 23.3. The second-order valence-corrected chi connectivity index (χ2v) is 10.2. The lowest BCUT2D eigenvalue weighted by molar-refractivity contribution is 0.324. The Bertz CT molecular complexity index is 1400. The van der Waals surface area contributed by atoms with Gasteiger partial charge < -0.3 is 19.1 Å². The third-order valence-corrected chi connectivity index (χ3v) is 8.09. The van der Waals surface area contributed by atoms with E-state index in [0.29, 0.717) is 28.8 Å². The largest absolute Gasteiger partial charge is 0.493 e. The van der Waals surface area contributed by atoms with E-state index >= 15 is 0 Å². The van der Waals surface area contributed by atoms with Crippen molar-refractivity contribution in [1.82, 2.24) is 4.98 Å². The lowest BCUT2D eigenvalue weighted by Gasteiger charge is -2.22. The number of benzene rings is 3. The van der Waals surface area contributed by atoms with Crippen LogP contribution in [0.2, 0.25) is 5.15 Å². The Morgan fingerprint density at radius 3 is 2.18 bits per heavy atom. The van der Waals surface area contributed by atoms with Gasteiger partial charge >= 0.3 is 0 Å². The quantitative estimate of drug-likeness (QED) is 0.229. The molecular weight excluding hydrogens is 520 g/mol. The van der Waals surface area contributed by atoms with Crippen molar-refractivity contribution >= 4 is 39.5 Å². The first kappa shape index (κ1) is 25.9. The number of methoxy groups -OCH3 is 3. The molecule has 1 aromatic heterocycles. The Balaban J connectivity index is 1.51. The van der Waals surface area contributed by atoms with Crippen LogP contribution < -0.4 is 24.1 Å². The van der Waals surface area contributed by atoms with Gasteiger partial charge in [0.25, 0.3) is 0 Å². The van der Waals surface area contributed by atoms with Crippen molar-refractivity contribution in [2.75, 3.05) is 38.3 Å². The zero-order valence-electron chi connectivity index (χ0n) is 21.7. The molecule has 196 valence electrons. The summed E-state index contributed by atoms with van der Waals surface area (Å²) in [6.07, 6.45) is 0.636. The van der Waals surface area contributed by atoms with Crippen LogP contribution in [-0.2, 0) is 6.54 Å². The molecular formula is C29H29ClN4O3S. The molecule has 0 saturated carbocycles. The molecule has 1 aliphatic rings. The van der Waals surface area contributed by atoms with Crippen LogP contribution in [0.15, 0.2) is 77.9 Å². The number of nitrogens with zero attached hydrogens (tertiary/aromatic N) is 4. The SMILES string of the molecule is COc1cc(C2=NN(c3ccccc3)C(c3sc(N(C)Cc4ccccc4)nc3Cl)C2)cc(OC)c1OC. The van der Waals surface area contributed by atoms with Crippen LogP contribution in [0, 0.1) is 0 Å². The van der Waals surface area contributed by atoms with Crippen molar-refractivity contribution < 1.29 is 14.2 Å². The Labute approximate surface area is 231 Å². The van der Waals surface area contributed by atoms with Crippen LogP contribution in [0.1, 0.15) is 28.5 Å².